The molecule has 0 bridgehead atoms. The first-order valence-electron chi connectivity index (χ1n) is 7.00. The lowest BCUT2D eigenvalue weighted by Crippen LogP contribution is -2.48. The standard InChI is InChI=1S/C15H23NO2S/c1-4-13-14(10-15(13)16-5-2)11-6-8-12(9-7-11)19(3,17)18/h6-9,13-16H,4-5,10H2,1-3H3. The smallest absolute Gasteiger partial charge is 0.175 e. The summed E-state index contributed by atoms with van der Waals surface area (Å²) in [5, 5.41) is 3.52. The Morgan fingerprint density at radius 1 is 1.21 bits per heavy atom. The summed E-state index contributed by atoms with van der Waals surface area (Å²) in [6, 6.07) is 8.04. The van der Waals surface area contributed by atoms with E-state index >= 15 is 0 Å². The molecule has 1 aromatic rings. The third-order valence-electron chi connectivity index (χ3n) is 4.22. The van der Waals surface area contributed by atoms with Crippen molar-refractivity contribution in [3.8, 4) is 0 Å². The van der Waals surface area contributed by atoms with Crippen molar-refractivity contribution in [2.24, 2.45) is 5.92 Å². The Morgan fingerprint density at radius 2 is 1.84 bits per heavy atom. The van der Waals surface area contributed by atoms with E-state index in [1.807, 2.05) is 12.1 Å². The molecular weight excluding hydrogens is 258 g/mol. The molecule has 0 aliphatic heterocycles. The quantitative estimate of drug-likeness (QED) is 0.902. The summed E-state index contributed by atoms with van der Waals surface area (Å²) in [4.78, 5) is 0.409. The summed E-state index contributed by atoms with van der Waals surface area (Å²) in [6.07, 6.45) is 3.57. The van der Waals surface area contributed by atoms with Gasteiger partial charge in [-0.3, -0.25) is 0 Å². The summed E-state index contributed by atoms with van der Waals surface area (Å²) >= 11 is 0. The van der Waals surface area contributed by atoms with Crippen molar-refractivity contribution in [1.82, 2.24) is 5.32 Å². The lowest BCUT2D eigenvalue weighted by atomic mass is 9.65. The number of nitrogens with one attached hydrogen (secondary N) is 1. The third kappa shape index (κ3) is 3.00. The minimum atomic E-state index is -3.08. The van der Waals surface area contributed by atoms with E-state index in [4.69, 9.17) is 0 Å². The van der Waals surface area contributed by atoms with Gasteiger partial charge >= 0.3 is 0 Å². The minimum absolute atomic E-state index is 0.409. The van der Waals surface area contributed by atoms with Crippen molar-refractivity contribution in [2.45, 2.75) is 43.5 Å². The van der Waals surface area contributed by atoms with Gasteiger partial charge in [-0.2, -0.15) is 0 Å². The summed E-state index contributed by atoms with van der Waals surface area (Å²) in [6.45, 7) is 5.38. The molecule has 1 saturated carbocycles. The molecule has 3 nitrogen and oxygen atoms in total. The van der Waals surface area contributed by atoms with E-state index in [0.29, 0.717) is 22.8 Å². The highest BCUT2D eigenvalue weighted by Gasteiger charge is 2.39. The first-order chi connectivity index (χ1) is 8.97. The van der Waals surface area contributed by atoms with Crippen LogP contribution in [-0.2, 0) is 9.84 Å². The van der Waals surface area contributed by atoms with Gasteiger partial charge in [0.15, 0.2) is 9.84 Å². The fourth-order valence-corrected chi connectivity index (χ4v) is 3.75. The first-order valence-corrected chi connectivity index (χ1v) is 8.90. The number of benzene rings is 1. The summed E-state index contributed by atoms with van der Waals surface area (Å²) in [5.74, 6) is 1.24. The van der Waals surface area contributed by atoms with Crippen LogP contribution in [0.15, 0.2) is 29.2 Å². The van der Waals surface area contributed by atoms with E-state index in [0.717, 1.165) is 19.4 Å². The maximum absolute atomic E-state index is 11.4. The first kappa shape index (κ1) is 14.5. The maximum Gasteiger partial charge on any atom is 0.175 e. The van der Waals surface area contributed by atoms with Crippen LogP contribution >= 0.6 is 0 Å². The highest BCUT2D eigenvalue weighted by molar-refractivity contribution is 7.90. The molecule has 0 radical (unpaired) electrons. The molecule has 0 aromatic heterocycles. The van der Waals surface area contributed by atoms with Gasteiger partial charge in [-0.05, 0) is 42.5 Å². The molecule has 19 heavy (non-hydrogen) atoms. The number of sulfone groups is 1. The fraction of sp³-hybridized carbons (Fsp3) is 0.600. The Labute approximate surface area is 116 Å². The van der Waals surface area contributed by atoms with Gasteiger partial charge in [0.1, 0.15) is 0 Å². The monoisotopic (exact) mass is 281 g/mol. The molecule has 3 unspecified atom stereocenters. The van der Waals surface area contributed by atoms with E-state index in [1.54, 1.807) is 12.1 Å². The highest BCUT2D eigenvalue weighted by atomic mass is 32.2. The van der Waals surface area contributed by atoms with Gasteiger partial charge in [0, 0.05) is 12.3 Å². The fourth-order valence-electron chi connectivity index (χ4n) is 3.12. The predicted molar refractivity (Wildman–Crippen MR) is 78.2 cm³/mol. The van der Waals surface area contributed by atoms with Crippen LogP contribution in [0.25, 0.3) is 0 Å². The molecule has 2 rings (SSSR count). The van der Waals surface area contributed by atoms with E-state index in [-0.39, 0.29) is 0 Å². The Morgan fingerprint density at radius 3 is 2.32 bits per heavy atom. The lowest BCUT2D eigenvalue weighted by molar-refractivity contribution is 0.163. The van der Waals surface area contributed by atoms with E-state index < -0.39 is 9.84 Å². The Balaban J connectivity index is 2.12. The van der Waals surface area contributed by atoms with Crippen molar-refractivity contribution < 1.29 is 8.42 Å². The van der Waals surface area contributed by atoms with Gasteiger partial charge in [0.2, 0.25) is 0 Å². The van der Waals surface area contributed by atoms with Gasteiger partial charge in [0.05, 0.1) is 4.90 Å². The second-order valence-corrected chi connectivity index (χ2v) is 7.44. The Bertz CT molecular complexity index is 522. The second-order valence-electron chi connectivity index (χ2n) is 5.42. The number of hydrogen-bond acceptors (Lipinski definition) is 3. The van der Waals surface area contributed by atoms with Crippen LogP contribution < -0.4 is 5.32 Å². The zero-order valence-electron chi connectivity index (χ0n) is 11.9. The Kier molecular flexibility index (Phi) is 4.31. The van der Waals surface area contributed by atoms with Gasteiger partial charge in [-0.15, -0.1) is 0 Å². The lowest BCUT2D eigenvalue weighted by Gasteiger charge is -2.45. The van der Waals surface area contributed by atoms with Gasteiger partial charge in [0.25, 0.3) is 0 Å². The summed E-state index contributed by atoms with van der Waals surface area (Å²) in [7, 11) is -3.08. The van der Waals surface area contributed by atoms with Crippen LogP contribution in [0, 0.1) is 5.92 Å². The predicted octanol–water partition coefficient (Wildman–Crippen LogP) is 2.58. The zero-order valence-corrected chi connectivity index (χ0v) is 12.7. The number of hydrogen-bond donors (Lipinski definition) is 1. The van der Waals surface area contributed by atoms with Gasteiger partial charge < -0.3 is 5.32 Å². The van der Waals surface area contributed by atoms with Crippen LogP contribution in [0.4, 0.5) is 0 Å². The highest BCUT2D eigenvalue weighted by Crippen LogP contribution is 2.44. The average molecular weight is 281 g/mol. The van der Waals surface area contributed by atoms with Crippen LogP contribution in [0.3, 0.4) is 0 Å². The van der Waals surface area contributed by atoms with Crippen LogP contribution in [0.5, 0.6) is 0 Å². The van der Waals surface area contributed by atoms with Gasteiger partial charge in [-0.25, -0.2) is 8.42 Å². The van der Waals surface area contributed by atoms with Crippen molar-refractivity contribution in [3.63, 3.8) is 0 Å². The van der Waals surface area contributed by atoms with Crippen LogP contribution in [0.2, 0.25) is 0 Å². The zero-order chi connectivity index (χ0) is 14.0. The second kappa shape index (κ2) is 5.63. The van der Waals surface area contributed by atoms with Crippen molar-refractivity contribution in [2.75, 3.05) is 12.8 Å². The normalized spacial score (nSPS) is 27.0. The van der Waals surface area contributed by atoms with Crippen molar-refractivity contribution in [3.05, 3.63) is 29.8 Å². The van der Waals surface area contributed by atoms with Crippen LogP contribution in [0.1, 0.15) is 38.2 Å². The Hall–Kier alpha value is -0.870. The molecule has 106 valence electrons. The maximum atomic E-state index is 11.4. The molecule has 0 amide bonds. The third-order valence-corrected chi connectivity index (χ3v) is 5.34. The summed E-state index contributed by atoms with van der Waals surface area (Å²) < 4.78 is 22.9. The average Bonchev–Trinajstić information content (AvgIpc) is 2.34. The van der Waals surface area contributed by atoms with E-state index in [1.165, 1.54) is 11.8 Å². The van der Waals surface area contributed by atoms with Crippen molar-refractivity contribution in [1.29, 1.82) is 0 Å². The van der Waals surface area contributed by atoms with Crippen LogP contribution in [-0.4, -0.2) is 27.3 Å². The van der Waals surface area contributed by atoms with E-state index in [2.05, 4.69) is 19.2 Å². The molecular formula is C15H23NO2S. The number of rotatable bonds is 5. The largest absolute Gasteiger partial charge is 0.314 e. The minimum Gasteiger partial charge on any atom is -0.314 e. The molecule has 0 heterocycles. The topological polar surface area (TPSA) is 46.2 Å². The SMILES string of the molecule is CCNC1CC(c2ccc(S(C)(=O)=O)cc2)C1CC. The summed E-state index contributed by atoms with van der Waals surface area (Å²) in [5.41, 5.74) is 1.27. The molecule has 0 spiro atoms. The molecule has 1 aromatic carbocycles. The molecule has 1 fully saturated rings. The molecule has 3 atom stereocenters. The van der Waals surface area contributed by atoms with Crippen molar-refractivity contribution >= 4 is 9.84 Å². The van der Waals surface area contributed by atoms with E-state index in [9.17, 15) is 8.42 Å². The molecule has 1 aliphatic rings. The molecule has 4 heteroatoms. The molecule has 1 aliphatic carbocycles. The molecule has 0 saturated heterocycles. The molecule has 1 N–H and O–H groups in total. The van der Waals surface area contributed by atoms with Gasteiger partial charge in [-0.1, -0.05) is 32.4 Å².